The van der Waals surface area contributed by atoms with Gasteiger partial charge < -0.3 is 10.4 Å². The van der Waals surface area contributed by atoms with Crippen molar-refractivity contribution in [2.24, 2.45) is 5.92 Å². The Bertz CT molecular complexity index is 416. The highest BCUT2D eigenvalue weighted by atomic mass is 35.5. The van der Waals surface area contributed by atoms with Crippen LogP contribution in [0, 0.1) is 16.0 Å². The first-order valence-electron chi connectivity index (χ1n) is 5.60. The number of anilines is 1. The molecule has 0 spiro atoms. The van der Waals surface area contributed by atoms with Crippen LogP contribution in [0.2, 0.25) is 5.28 Å². The van der Waals surface area contributed by atoms with E-state index >= 15 is 0 Å². The Labute approximate surface area is 109 Å². The molecule has 1 unspecified atom stereocenters. The fraction of sp³-hybridized carbons (Fsp3) is 0.600. The number of aromatic nitrogens is 2. The van der Waals surface area contributed by atoms with Crippen molar-refractivity contribution in [1.82, 2.24) is 9.97 Å². The van der Waals surface area contributed by atoms with E-state index in [1.54, 1.807) is 0 Å². The number of hydrogen-bond donors (Lipinski definition) is 2. The quantitative estimate of drug-likeness (QED) is 0.447. The van der Waals surface area contributed by atoms with E-state index < -0.39 is 4.92 Å². The summed E-state index contributed by atoms with van der Waals surface area (Å²) in [6.07, 6.45) is 2.57. The van der Waals surface area contributed by atoms with Crippen LogP contribution in [0.25, 0.3) is 0 Å². The molecule has 0 saturated carbocycles. The molecule has 1 rings (SSSR count). The standard InChI is InChI=1S/C10H15ClN4O3/c1-2-7(3-4-16)5-12-9-8(15(17)18)6-13-10(11)14-9/h6-7,16H,2-5H2,1H3,(H,12,13,14). The van der Waals surface area contributed by atoms with Gasteiger partial charge in [0.2, 0.25) is 11.1 Å². The van der Waals surface area contributed by atoms with Gasteiger partial charge in [-0.3, -0.25) is 10.1 Å². The van der Waals surface area contributed by atoms with Crippen molar-refractivity contribution in [3.05, 3.63) is 21.6 Å². The molecule has 1 aromatic heterocycles. The minimum absolute atomic E-state index is 0.0432. The van der Waals surface area contributed by atoms with Gasteiger partial charge in [0, 0.05) is 13.2 Å². The zero-order valence-electron chi connectivity index (χ0n) is 9.97. The highest BCUT2D eigenvalue weighted by molar-refractivity contribution is 6.28. The van der Waals surface area contributed by atoms with Gasteiger partial charge in [-0.05, 0) is 23.9 Å². The van der Waals surface area contributed by atoms with Gasteiger partial charge in [0.15, 0.2) is 0 Å². The van der Waals surface area contributed by atoms with E-state index in [-0.39, 0.29) is 29.3 Å². The minimum Gasteiger partial charge on any atom is -0.396 e. The molecule has 18 heavy (non-hydrogen) atoms. The maximum atomic E-state index is 10.8. The van der Waals surface area contributed by atoms with Crippen molar-refractivity contribution in [3.63, 3.8) is 0 Å². The number of aliphatic hydroxyl groups excluding tert-OH is 1. The van der Waals surface area contributed by atoms with Crippen LogP contribution in [0.3, 0.4) is 0 Å². The summed E-state index contributed by atoms with van der Waals surface area (Å²) in [7, 11) is 0. The molecule has 1 heterocycles. The van der Waals surface area contributed by atoms with Gasteiger partial charge in [-0.1, -0.05) is 13.3 Å². The van der Waals surface area contributed by atoms with Crippen LogP contribution < -0.4 is 5.32 Å². The average molecular weight is 275 g/mol. The lowest BCUT2D eigenvalue weighted by Gasteiger charge is -2.14. The van der Waals surface area contributed by atoms with Gasteiger partial charge in [-0.15, -0.1) is 0 Å². The third kappa shape index (κ3) is 4.08. The average Bonchev–Trinajstić information content (AvgIpc) is 2.34. The SMILES string of the molecule is CCC(CCO)CNc1nc(Cl)ncc1[N+](=O)[O-]. The number of hydrogen-bond acceptors (Lipinski definition) is 6. The summed E-state index contributed by atoms with van der Waals surface area (Å²) in [4.78, 5) is 17.6. The van der Waals surface area contributed by atoms with E-state index in [0.29, 0.717) is 13.0 Å². The largest absolute Gasteiger partial charge is 0.396 e. The third-order valence-electron chi connectivity index (χ3n) is 2.61. The molecule has 0 aliphatic carbocycles. The number of halogens is 1. The summed E-state index contributed by atoms with van der Waals surface area (Å²) in [5.41, 5.74) is -0.210. The first-order chi connectivity index (χ1) is 8.58. The van der Waals surface area contributed by atoms with Crippen LogP contribution in [0.1, 0.15) is 19.8 Å². The fourth-order valence-corrected chi connectivity index (χ4v) is 1.63. The Balaban J connectivity index is 2.76. The molecular weight excluding hydrogens is 260 g/mol. The number of aliphatic hydroxyl groups is 1. The van der Waals surface area contributed by atoms with Gasteiger partial charge in [0.25, 0.3) is 0 Å². The zero-order chi connectivity index (χ0) is 13.5. The summed E-state index contributed by atoms with van der Waals surface area (Å²) >= 11 is 5.61. The topological polar surface area (TPSA) is 101 Å². The van der Waals surface area contributed by atoms with Crippen LogP contribution >= 0.6 is 11.6 Å². The summed E-state index contributed by atoms with van der Waals surface area (Å²) in [6.45, 7) is 2.57. The summed E-state index contributed by atoms with van der Waals surface area (Å²) in [6, 6.07) is 0. The number of nitrogens with one attached hydrogen (secondary N) is 1. The second-order valence-electron chi connectivity index (χ2n) is 3.80. The van der Waals surface area contributed by atoms with Crippen molar-refractivity contribution < 1.29 is 10.0 Å². The van der Waals surface area contributed by atoms with E-state index in [9.17, 15) is 10.1 Å². The molecular formula is C10H15ClN4O3. The molecule has 0 amide bonds. The van der Waals surface area contributed by atoms with E-state index in [4.69, 9.17) is 16.7 Å². The molecule has 2 N–H and O–H groups in total. The van der Waals surface area contributed by atoms with E-state index in [1.807, 2.05) is 6.92 Å². The molecule has 0 aromatic carbocycles. The third-order valence-corrected chi connectivity index (χ3v) is 2.79. The van der Waals surface area contributed by atoms with Gasteiger partial charge >= 0.3 is 5.69 Å². The summed E-state index contributed by atoms with van der Waals surface area (Å²) < 4.78 is 0. The Morgan fingerprint density at radius 1 is 1.67 bits per heavy atom. The van der Waals surface area contributed by atoms with Crippen molar-refractivity contribution in [2.45, 2.75) is 19.8 Å². The first kappa shape index (κ1) is 14.6. The van der Waals surface area contributed by atoms with Crippen molar-refractivity contribution in [1.29, 1.82) is 0 Å². The first-order valence-corrected chi connectivity index (χ1v) is 5.98. The Hall–Kier alpha value is -1.47. The summed E-state index contributed by atoms with van der Waals surface area (Å²) in [5, 5.41) is 22.5. The highest BCUT2D eigenvalue weighted by Crippen LogP contribution is 2.22. The zero-order valence-corrected chi connectivity index (χ0v) is 10.7. The summed E-state index contributed by atoms with van der Waals surface area (Å²) in [5.74, 6) is 0.333. The molecule has 1 atom stereocenters. The van der Waals surface area contributed by atoms with Crippen molar-refractivity contribution in [3.8, 4) is 0 Å². The van der Waals surface area contributed by atoms with Crippen LogP contribution in [-0.4, -0.2) is 33.1 Å². The Morgan fingerprint density at radius 3 is 2.94 bits per heavy atom. The molecule has 0 fully saturated rings. The number of nitrogens with zero attached hydrogens (tertiary/aromatic N) is 3. The van der Waals surface area contributed by atoms with Gasteiger partial charge in [-0.2, -0.15) is 4.98 Å². The molecule has 0 aliphatic rings. The van der Waals surface area contributed by atoms with Crippen LogP contribution in [-0.2, 0) is 0 Å². The molecule has 8 heteroatoms. The maximum Gasteiger partial charge on any atom is 0.329 e. The lowest BCUT2D eigenvalue weighted by molar-refractivity contribution is -0.384. The van der Waals surface area contributed by atoms with Gasteiger partial charge in [0.1, 0.15) is 6.20 Å². The monoisotopic (exact) mass is 274 g/mol. The molecule has 100 valence electrons. The maximum absolute atomic E-state index is 10.8. The van der Waals surface area contributed by atoms with Gasteiger partial charge in [-0.25, -0.2) is 4.98 Å². The Kier molecular flexibility index (Phi) is 5.73. The van der Waals surface area contributed by atoms with E-state index in [1.165, 1.54) is 0 Å². The fourth-order valence-electron chi connectivity index (χ4n) is 1.49. The minimum atomic E-state index is -0.564. The molecule has 0 bridgehead atoms. The molecule has 1 aromatic rings. The smallest absolute Gasteiger partial charge is 0.329 e. The second kappa shape index (κ2) is 7.07. The number of nitro groups is 1. The molecule has 0 aliphatic heterocycles. The van der Waals surface area contributed by atoms with Crippen molar-refractivity contribution >= 4 is 23.1 Å². The lowest BCUT2D eigenvalue weighted by Crippen LogP contribution is -2.16. The lowest BCUT2D eigenvalue weighted by atomic mass is 10.0. The number of rotatable bonds is 7. The van der Waals surface area contributed by atoms with Crippen LogP contribution in [0.4, 0.5) is 11.5 Å². The highest BCUT2D eigenvalue weighted by Gasteiger charge is 2.17. The van der Waals surface area contributed by atoms with Gasteiger partial charge in [0.05, 0.1) is 4.92 Å². The normalized spacial score (nSPS) is 12.2. The molecule has 0 saturated heterocycles. The van der Waals surface area contributed by atoms with E-state index in [0.717, 1.165) is 12.6 Å². The predicted molar refractivity (Wildman–Crippen MR) is 67.7 cm³/mol. The molecule has 7 nitrogen and oxygen atoms in total. The van der Waals surface area contributed by atoms with E-state index in [2.05, 4.69) is 15.3 Å². The van der Waals surface area contributed by atoms with Crippen LogP contribution in [0.5, 0.6) is 0 Å². The predicted octanol–water partition coefficient (Wildman–Crippen LogP) is 1.86. The van der Waals surface area contributed by atoms with Crippen molar-refractivity contribution in [2.75, 3.05) is 18.5 Å². The molecule has 0 radical (unpaired) electrons. The second-order valence-corrected chi connectivity index (χ2v) is 4.14. The van der Waals surface area contributed by atoms with Crippen LogP contribution in [0.15, 0.2) is 6.20 Å². The Morgan fingerprint density at radius 2 is 2.39 bits per heavy atom.